The first-order valence-electron chi connectivity index (χ1n) is 12.6. The maximum atomic E-state index is 14.8. The molecule has 0 aliphatic carbocycles. The maximum absolute atomic E-state index is 14.8. The summed E-state index contributed by atoms with van der Waals surface area (Å²) < 4.78 is 16.6. The summed E-state index contributed by atoms with van der Waals surface area (Å²) in [6.07, 6.45) is 5.26. The van der Waals surface area contributed by atoms with Gasteiger partial charge in [0, 0.05) is 62.7 Å². The van der Waals surface area contributed by atoms with E-state index in [1.807, 2.05) is 30.1 Å². The van der Waals surface area contributed by atoms with Gasteiger partial charge in [-0.15, -0.1) is 0 Å². The Labute approximate surface area is 211 Å². The molecule has 188 valence electrons. The standard InChI is InChI=1S/C27H33FN8/c1-5-35-8-10-36(11-9-35)17-19-6-7-20(29-14-19)12-25-31-15-22(28)26(32-25)23-13-21-24(16-30-23)33-34(4)27(21)18(2)3/h6-7,13-16,18H,5,8-12,17H2,1-4H3. The van der Waals surface area contributed by atoms with Gasteiger partial charge in [-0.05, 0) is 30.2 Å². The summed E-state index contributed by atoms with van der Waals surface area (Å²) in [4.78, 5) is 22.8. The smallest absolute Gasteiger partial charge is 0.169 e. The van der Waals surface area contributed by atoms with Crippen LogP contribution in [0.15, 0.2) is 36.8 Å². The van der Waals surface area contributed by atoms with E-state index >= 15 is 0 Å². The summed E-state index contributed by atoms with van der Waals surface area (Å²) >= 11 is 0. The second-order valence-corrected chi connectivity index (χ2v) is 9.78. The van der Waals surface area contributed by atoms with E-state index in [1.54, 1.807) is 6.20 Å². The summed E-state index contributed by atoms with van der Waals surface area (Å²) in [7, 11) is 1.92. The number of nitrogens with zero attached hydrogens (tertiary/aromatic N) is 8. The minimum absolute atomic E-state index is 0.198. The first-order valence-corrected chi connectivity index (χ1v) is 12.6. The third-order valence-electron chi connectivity index (χ3n) is 6.89. The van der Waals surface area contributed by atoms with Crippen LogP contribution >= 0.6 is 0 Å². The van der Waals surface area contributed by atoms with Gasteiger partial charge in [-0.25, -0.2) is 14.4 Å². The molecule has 36 heavy (non-hydrogen) atoms. The zero-order valence-corrected chi connectivity index (χ0v) is 21.4. The molecule has 0 aromatic carbocycles. The highest BCUT2D eigenvalue weighted by Crippen LogP contribution is 2.28. The Morgan fingerprint density at radius 3 is 2.44 bits per heavy atom. The molecule has 0 atom stereocenters. The minimum atomic E-state index is -0.493. The van der Waals surface area contributed by atoms with Crippen LogP contribution in [0.1, 0.15) is 49.5 Å². The van der Waals surface area contributed by atoms with Crippen molar-refractivity contribution < 1.29 is 4.39 Å². The first-order chi connectivity index (χ1) is 17.4. The second kappa shape index (κ2) is 10.4. The Hall–Kier alpha value is -3.30. The monoisotopic (exact) mass is 488 g/mol. The predicted octanol–water partition coefficient (Wildman–Crippen LogP) is 3.81. The topological polar surface area (TPSA) is 75.9 Å². The number of hydrogen-bond donors (Lipinski definition) is 0. The molecule has 0 saturated carbocycles. The molecule has 8 nitrogen and oxygen atoms in total. The van der Waals surface area contributed by atoms with Crippen LogP contribution in [0.3, 0.4) is 0 Å². The largest absolute Gasteiger partial charge is 0.301 e. The molecule has 9 heteroatoms. The Kier molecular flexibility index (Phi) is 7.02. The van der Waals surface area contributed by atoms with Crippen molar-refractivity contribution in [3.05, 3.63) is 65.4 Å². The van der Waals surface area contributed by atoms with Crippen molar-refractivity contribution in [1.82, 2.24) is 39.5 Å². The third kappa shape index (κ3) is 5.12. The van der Waals surface area contributed by atoms with Gasteiger partial charge in [0.1, 0.15) is 17.0 Å². The van der Waals surface area contributed by atoms with Crippen LogP contribution in [-0.2, 0) is 20.0 Å². The molecule has 4 aromatic heterocycles. The van der Waals surface area contributed by atoms with E-state index in [2.05, 4.69) is 61.7 Å². The van der Waals surface area contributed by atoms with E-state index in [9.17, 15) is 4.39 Å². The van der Waals surface area contributed by atoms with Crippen LogP contribution in [0.4, 0.5) is 4.39 Å². The van der Waals surface area contributed by atoms with Gasteiger partial charge in [-0.1, -0.05) is 26.8 Å². The summed E-state index contributed by atoms with van der Waals surface area (Å²) in [5.74, 6) is 0.294. The predicted molar refractivity (Wildman–Crippen MR) is 138 cm³/mol. The van der Waals surface area contributed by atoms with Crippen molar-refractivity contribution in [2.75, 3.05) is 32.7 Å². The Morgan fingerprint density at radius 2 is 1.75 bits per heavy atom. The minimum Gasteiger partial charge on any atom is -0.301 e. The van der Waals surface area contributed by atoms with Crippen molar-refractivity contribution >= 4 is 10.9 Å². The average molecular weight is 489 g/mol. The molecule has 1 fully saturated rings. The van der Waals surface area contributed by atoms with Crippen molar-refractivity contribution in [2.45, 2.75) is 39.7 Å². The number of aryl methyl sites for hydroxylation is 1. The van der Waals surface area contributed by atoms with E-state index in [-0.39, 0.29) is 11.6 Å². The van der Waals surface area contributed by atoms with Gasteiger partial charge in [0.25, 0.3) is 0 Å². The number of pyridine rings is 2. The summed E-state index contributed by atoms with van der Waals surface area (Å²) in [5, 5.41) is 5.49. The average Bonchev–Trinajstić information content (AvgIpc) is 3.22. The van der Waals surface area contributed by atoms with Crippen LogP contribution in [0.2, 0.25) is 0 Å². The molecule has 4 aromatic rings. The summed E-state index contributed by atoms with van der Waals surface area (Å²) in [6, 6.07) is 6.00. The Balaban J connectivity index is 1.32. The first kappa shape index (κ1) is 24.4. The number of piperazine rings is 1. The molecule has 5 heterocycles. The molecule has 0 radical (unpaired) electrons. The number of aromatic nitrogens is 6. The van der Waals surface area contributed by atoms with E-state index in [1.165, 1.54) is 11.8 Å². The SMILES string of the molecule is CCN1CCN(Cc2ccc(Cc3ncc(F)c(-c4cc5c(C(C)C)n(C)nc5cn4)n3)nc2)CC1. The van der Waals surface area contributed by atoms with Crippen LogP contribution < -0.4 is 0 Å². The van der Waals surface area contributed by atoms with Crippen LogP contribution in [0.25, 0.3) is 22.3 Å². The van der Waals surface area contributed by atoms with Gasteiger partial charge in [-0.2, -0.15) is 5.10 Å². The van der Waals surface area contributed by atoms with Crippen LogP contribution in [0.5, 0.6) is 0 Å². The van der Waals surface area contributed by atoms with E-state index in [0.717, 1.165) is 61.6 Å². The van der Waals surface area contributed by atoms with E-state index < -0.39 is 5.82 Å². The number of halogens is 1. The second-order valence-electron chi connectivity index (χ2n) is 9.78. The van der Waals surface area contributed by atoms with Crippen molar-refractivity contribution in [3.63, 3.8) is 0 Å². The normalized spacial score (nSPS) is 15.3. The lowest BCUT2D eigenvalue weighted by Gasteiger charge is -2.33. The maximum Gasteiger partial charge on any atom is 0.169 e. The van der Waals surface area contributed by atoms with Gasteiger partial charge in [0.05, 0.1) is 24.5 Å². The van der Waals surface area contributed by atoms with Crippen LogP contribution in [0, 0.1) is 5.82 Å². The molecule has 0 N–H and O–H groups in total. The summed E-state index contributed by atoms with van der Waals surface area (Å²) in [6.45, 7) is 12.9. The van der Waals surface area contributed by atoms with Gasteiger partial charge in [-0.3, -0.25) is 19.5 Å². The lowest BCUT2D eigenvalue weighted by atomic mass is 10.1. The Bertz CT molecular complexity index is 1340. The zero-order chi connectivity index (χ0) is 25.2. The molecule has 1 aliphatic heterocycles. The highest BCUT2D eigenvalue weighted by Gasteiger charge is 2.18. The number of fused-ring (bicyclic) bond motifs is 1. The quantitative estimate of drug-likeness (QED) is 0.392. The molecular weight excluding hydrogens is 455 g/mol. The molecule has 1 aliphatic rings. The van der Waals surface area contributed by atoms with Crippen molar-refractivity contribution in [1.29, 1.82) is 0 Å². The van der Waals surface area contributed by atoms with Gasteiger partial charge in [0.2, 0.25) is 0 Å². The summed E-state index contributed by atoms with van der Waals surface area (Å²) in [5.41, 5.74) is 4.59. The van der Waals surface area contributed by atoms with Gasteiger partial charge < -0.3 is 4.90 Å². The number of likely N-dealkylation sites (N-methyl/N-ethyl adjacent to an activating group) is 1. The number of hydrogen-bond acceptors (Lipinski definition) is 7. The highest BCUT2D eigenvalue weighted by molar-refractivity contribution is 5.84. The zero-order valence-electron chi connectivity index (χ0n) is 21.4. The lowest BCUT2D eigenvalue weighted by molar-refractivity contribution is 0.132. The fraction of sp³-hybridized carbons (Fsp3) is 0.444. The van der Waals surface area contributed by atoms with Crippen molar-refractivity contribution in [2.24, 2.45) is 7.05 Å². The van der Waals surface area contributed by atoms with Crippen LogP contribution in [-0.4, -0.2) is 72.2 Å². The van der Waals surface area contributed by atoms with Gasteiger partial charge >= 0.3 is 0 Å². The fourth-order valence-electron chi connectivity index (χ4n) is 4.94. The Morgan fingerprint density at radius 1 is 0.972 bits per heavy atom. The molecule has 0 spiro atoms. The third-order valence-corrected chi connectivity index (χ3v) is 6.89. The molecule has 0 amide bonds. The molecule has 5 rings (SSSR count). The molecular formula is C27H33FN8. The lowest BCUT2D eigenvalue weighted by Crippen LogP contribution is -2.45. The number of rotatable bonds is 7. The fourth-order valence-corrected chi connectivity index (χ4v) is 4.94. The highest BCUT2D eigenvalue weighted by atomic mass is 19.1. The molecule has 0 unspecified atom stereocenters. The van der Waals surface area contributed by atoms with Gasteiger partial charge in [0.15, 0.2) is 5.82 Å². The van der Waals surface area contributed by atoms with E-state index in [4.69, 9.17) is 0 Å². The molecule has 0 bridgehead atoms. The van der Waals surface area contributed by atoms with E-state index in [0.29, 0.717) is 17.9 Å². The van der Waals surface area contributed by atoms with Crippen molar-refractivity contribution in [3.8, 4) is 11.4 Å². The molecule has 1 saturated heterocycles.